The van der Waals surface area contributed by atoms with Gasteiger partial charge in [0.25, 0.3) is 0 Å². The molecule has 1 heterocycles. The molecule has 2 aliphatic rings. The van der Waals surface area contributed by atoms with Crippen LogP contribution in [0.2, 0.25) is 0 Å². The normalized spacial score (nSPS) is 34.4. The van der Waals surface area contributed by atoms with E-state index in [-0.39, 0.29) is 0 Å². The minimum Gasteiger partial charge on any atom is -0.313 e. The van der Waals surface area contributed by atoms with Crippen molar-refractivity contribution in [1.82, 2.24) is 15.1 Å². The smallest absolute Gasteiger partial charge is 0.0249 e. The molecule has 0 radical (unpaired) electrons. The van der Waals surface area contributed by atoms with Gasteiger partial charge in [0.05, 0.1) is 0 Å². The molecule has 1 aliphatic heterocycles. The van der Waals surface area contributed by atoms with E-state index >= 15 is 0 Å². The SMILES string of the molecule is CCNC1CCCCCC1N(C)C1CCCN(C)C1. The molecule has 2 rings (SSSR count). The standard InChI is InChI=1S/C16H33N3/c1-4-17-15-10-6-5-7-11-16(15)19(3)14-9-8-12-18(2)13-14/h14-17H,4-13H2,1-3H3. The molecular weight excluding hydrogens is 234 g/mol. The maximum absolute atomic E-state index is 3.75. The minimum absolute atomic E-state index is 0.713. The summed E-state index contributed by atoms with van der Waals surface area (Å²) in [5.74, 6) is 0. The fraction of sp³-hybridized carbons (Fsp3) is 1.00. The third kappa shape index (κ3) is 4.17. The quantitative estimate of drug-likeness (QED) is 0.789. The van der Waals surface area contributed by atoms with Gasteiger partial charge in [-0.15, -0.1) is 0 Å². The van der Waals surface area contributed by atoms with Gasteiger partial charge in [-0.05, 0) is 52.9 Å². The predicted molar refractivity (Wildman–Crippen MR) is 82.6 cm³/mol. The van der Waals surface area contributed by atoms with Gasteiger partial charge < -0.3 is 10.2 Å². The highest BCUT2D eigenvalue weighted by Crippen LogP contribution is 2.25. The van der Waals surface area contributed by atoms with Crippen molar-refractivity contribution in [1.29, 1.82) is 0 Å². The second-order valence-corrected chi connectivity index (χ2v) is 6.59. The van der Waals surface area contributed by atoms with E-state index in [0.29, 0.717) is 6.04 Å². The molecule has 1 N–H and O–H groups in total. The summed E-state index contributed by atoms with van der Waals surface area (Å²) in [6.45, 7) is 5.90. The predicted octanol–water partition coefficient (Wildman–Crippen LogP) is 2.32. The summed E-state index contributed by atoms with van der Waals surface area (Å²) in [7, 11) is 4.65. The van der Waals surface area contributed by atoms with Crippen molar-refractivity contribution in [2.24, 2.45) is 0 Å². The van der Waals surface area contributed by atoms with Gasteiger partial charge in [-0.2, -0.15) is 0 Å². The Morgan fingerprint density at radius 3 is 2.63 bits per heavy atom. The lowest BCUT2D eigenvalue weighted by Crippen LogP contribution is -2.55. The Morgan fingerprint density at radius 1 is 1.11 bits per heavy atom. The lowest BCUT2D eigenvalue weighted by Gasteiger charge is -2.42. The van der Waals surface area contributed by atoms with Gasteiger partial charge in [-0.25, -0.2) is 0 Å². The summed E-state index contributed by atoms with van der Waals surface area (Å²) in [4.78, 5) is 5.22. The first-order chi connectivity index (χ1) is 9.22. The number of likely N-dealkylation sites (tertiary alicyclic amines) is 1. The maximum atomic E-state index is 3.75. The highest BCUT2D eigenvalue weighted by Gasteiger charge is 2.31. The third-order valence-corrected chi connectivity index (χ3v) is 5.14. The molecule has 0 aromatic rings. The van der Waals surface area contributed by atoms with E-state index in [1.807, 2.05) is 0 Å². The number of piperidine rings is 1. The average molecular weight is 267 g/mol. The highest BCUT2D eigenvalue weighted by molar-refractivity contribution is 4.90. The number of rotatable bonds is 4. The molecule has 0 bridgehead atoms. The molecule has 19 heavy (non-hydrogen) atoms. The van der Waals surface area contributed by atoms with Crippen LogP contribution in [0.5, 0.6) is 0 Å². The summed E-state index contributed by atoms with van der Waals surface area (Å²) in [6, 6.07) is 2.23. The van der Waals surface area contributed by atoms with Crippen LogP contribution in [-0.4, -0.2) is 61.7 Å². The summed E-state index contributed by atoms with van der Waals surface area (Å²) in [5, 5.41) is 3.75. The zero-order valence-electron chi connectivity index (χ0n) is 13.2. The Bertz CT molecular complexity index is 256. The lowest BCUT2D eigenvalue weighted by molar-refractivity contribution is 0.0773. The fourth-order valence-corrected chi connectivity index (χ4v) is 4.02. The van der Waals surface area contributed by atoms with Crippen LogP contribution in [0.3, 0.4) is 0 Å². The maximum Gasteiger partial charge on any atom is 0.0249 e. The van der Waals surface area contributed by atoms with Crippen molar-refractivity contribution in [2.75, 3.05) is 33.7 Å². The largest absolute Gasteiger partial charge is 0.313 e. The van der Waals surface area contributed by atoms with Crippen LogP contribution in [0.1, 0.15) is 51.9 Å². The van der Waals surface area contributed by atoms with Gasteiger partial charge >= 0.3 is 0 Å². The van der Waals surface area contributed by atoms with Crippen LogP contribution in [0.15, 0.2) is 0 Å². The lowest BCUT2D eigenvalue weighted by atomic mass is 9.96. The van der Waals surface area contributed by atoms with E-state index in [4.69, 9.17) is 0 Å². The number of nitrogens with zero attached hydrogens (tertiary/aromatic N) is 2. The first-order valence-corrected chi connectivity index (χ1v) is 8.36. The second kappa shape index (κ2) is 7.61. The van der Waals surface area contributed by atoms with E-state index in [9.17, 15) is 0 Å². The molecule has 3 unspecified atom stereocenters. The minimum atomic E-state index is 0.713. The van der Waals surface area contributed by atoms with Crippen molar-refractivity contribution in [3.63, 3.8) is 0 Å². The average Bonchev–Trinajstić information content (AvgIpc) is 2.64. The van der Waals surface area contributed by atoms with Crippen LogP contribution >= 0.6 is 0 Å². The second-order valence-electron chi connectivity index (χ2n) is 6.59. The van der Waals surface area contributed by atoms with Crippen molar-refractivity contribution in [3.8, 4) is 0 Å². The topological polar surface area (TPSA) is 18.5 Å². The third-order valence-electron chi connectivity index (χ3n) is 5.14. The molecule has 0 aromatic heterocycles. The Hall–Kier alpha value is -0.120. The Morgan fingerprint density at radius 2 is 1.89 bits per heavy atom. The molecule has 3 heteroatoms. The van der Waals surface area contributed by atoms with Crippen molar-refractivity contribution in [2.45, 2.75) is 70.0 Å². The number of nitrogens with one attached hydrogen (secondary N) is 1. The Kier molecular flexibility index (Phi) is 6.11. The molecule has 0 aromatic carbocycles. The first-order valence-electron chi connectivity index (χ1n) is 8.36. The molecule has 2 fully saturated rings. The van der Waals surface area contributed by atoms with E-state index < -0.39 is 0 Å². The van der Waals surface area contributed by atoms with E-state index in [0.717, 1.165) is 18.6 Å². The van der Waals surface area contributed by atoms with Crippen molar-refractivity contribution >= 4 is 0 Å². The zero-order valence-corrected chi connectivity index (χ0v) is 13.2. The van der Waals surface area contributed by atoms with Crippen molar-refractivity contribution in [3.05, 3.63) is 0 Å². The van der Waals surface area contributed by atoms with Crippen LogP contribution in [-0.2, 0) is 0 Å². The van der Waals surface area contributed by atoms with E-state index in [1.54, 1.807) is 0 Å². The van der Waals surface area contributed by atoms with E-state index in [2.05, 4.69) is 36.1 Å². The van der Waals surface area contributed by atoms with Crippen LogP contribution in [0.4, 0.5) is 0 Å². The van der Waals surface area contributed by atoms with E-state index in [1.165, 1.54) is 58.0 Å². The molecule has 112 valence electrons. The number of hydrogen-bond acceptors (Lipinski definition) is 3. The molecule has 3 atom stereocenters. The fourth-order valence-electron chi connectivity index (χ4n) is 4.02. The van der Waals surface area contributed by atoms with Gasteiger partial charge in [-0.3, -0.25) is 4.90 Å². The molecule has 1 aliphatic carbocycles. The van der Waals surface area contributed by atoms with Crippen LogP contribution in [0.25, 0.3) is 0 Å². The van der Waals surface area contributed by atoms with Gasteiger partial charge in [0.15, 0.2) is 0 Å². The molecule has 0 amide bonds. The van der Waals surface area contributed by atoms with Crippen LogP contribution in [0, 0.1) is 0 Å². The summed E-state index contributed by atoms with van der Waals surface area (Å²) in [5.41, 5.74) is 0. The van der Waals surface area contributed by atoms with Crippen molar-refractivity contribution < 1.29 is 0 Å². The monoisotopic (exact) mass is 267 g/mol. The Labute approximate surface area is 119 Å². The molecule has 1 saturated heterocycles. The van der Waals surface area contributed by atoms with Gasteiger partial charge in [0.2, 0.25) is 0 Å². The highest BCUT2D eigenvalue weighted by atomic mass is 15.2. The molecule has 3 nitrogen and oxygen atoms in total. The number of hydrogen-bond donors (Lipinski definition) is 1. The Balaban J connectivity index is 1.98. The van der Waals surface area contributed by atoms with Gasteiger partial charge in [-0.1, -0.05) is 26.2 Å². The molecular formula is C16H33N3. The zero-order chi connectivity index (χ0) is 13.7. The first kappa shape index (κ1) is 15.3. The van der Waals surface area contributed by atoms with Gasteiger partial charge in [0, 0.05) is 24.7 Å². The summed E-state index contributed by atoms with van der Waals surface area (Å²) >= 11 is 0. The summed E-state index contributed by atoms with van der Waals surface area (Å²) in [6.07, 6.45) is 9.75. The van der Waals surface area contributed by atoms with Crippen LogP contribution < -0.4 is 5.32 Å². The molecule has 0 spiro atoms. The summed E-state index contributed by atoms with van der Waals surface area (Å²) < 4.78 is 0. The molecule has 1 saturated carbocycles. The number of likely N-dealkylation sites (N-methyl/N-ethyl adjacent to an activating group) is 3. The van der Waals surface area contributed by atoms with Gasteiger partial charge in [0.1, 0.15) is 0 Å².